The Morgan fingerprint density at radius 3 is 2.58 bits per heavy atom. The minimum atomic E-state index is -2.70. The Kier molecular flexibility index (Phi) is 7.08. The van der Waals surface area contributed by atoms with E-state index in [1.807, 2.05) is 30.3 Å². The summed E-state index contributed by atoms with van der Waals surface area (Å²) in [4.78, 5) is 22.2. The molecule has 1 aromatic heterocycles. The molecule has 0 saturated carbocycles. The molecule has 0 aliphatic heterocycles. The molecule has 4 rings (SSSR count). The van der Waals surface area contributed by atoms with Crippen LogP contribution >= 0.6 is 11.6 Å². The highest BCUT2D eigenvalue weighted by atomic mass is 35.5. The van der Waals surface area contributed by atoms with E-state index >= 15 is 4.39 Å². The molecule has 1 N–H and O–H groups in total. The Balaban J connectivity index is 1.65. The van der Waals surface area contributed by atoms with Crippen LogP contribution in [0.4, 0.5) is 4.39 Å². The van der Waals surface area contributed by atoms with Gasteiger partial charge in [0.25, 0.3) is 0 Å². The number of halogens is 2. The molecule has 0 saturated heterocycles. The smallest absolute Gasteiger partial charge is 0.201 e. The first-order valence-electron chi connectivity index (χ1n) is 10.2. The Labute approximate surface area is 196 Å². The summed E-state index contributed by atoms with van der Waals surface area (Å²) in [6.07, 6.45) is 2.30. The lowest BCUT2D eigenvalue weighted by Crippen LogP contribution is -2.14. The highest BCUT2D eigenvalue weighted by Crippen LogP contribution is 2.27. The topological polar surface area (TPSA) is 89.0 Å². The van der Waals surface area contributed by atoms with E-state index < -0.39 is 22.5 Å². The molecule has 0 aliphatic carbocycles. The number of nitrogens with zero attached hydrogens (tertiary/aromatic N) is 2. The molecule has 0 spiro atoms. The zero-order valence-electron chi connectivity index (χ0n) is 17.3. The Hall–Kier alpha value is -3.20. The molecular formula is C24H19ClFN3O3S. The number of aromatic nitrogens is 2. The van der Waals surface area contributed by atoms with Gasteiger partial charge in [0.2, 0.25) is 10.9 Å². The standard InChI is InChI=1S/C24H19ClFN3O3S/c25-18-10-8-16(7-4-12-28-33(31)32)23(26)22(18)24(30)17-9-11-19-20(13-17)29-21(14-27-19)15-5-2-1-3-6-15/h1-3,5-6,8-11,13-14,33H,4,7,12H2,(H,28,31,32). The summed E-state index contributed by atoms with van der Waals surface area (Å²) in [5, 5.41) is 0.00577. The summed E-state index contributed by atoms with van der Waals surface area (Å²) in [7, 11) is -2.70. The number of thiol groups is 1. The molecule has 33 heavy (non-hydrogen) atoms. The predicted molar refractivity (Wildman–Crippen MR) is 126 cm³/mol. The third-order valence-corrected chi connectivity index (χ3v) is 5.93. The van der Waals surface area contributed by atoms with Crippen molar-refractivity contribution in [3.05, 3.63) is 94.4 Å². The minimum absolute atomic E-state index is 0.00577. The number of rotatable bonds is 8. The van der Waals surface area contributed by atoms with E-state index in [2.05, 4.69) is 14.7 Å². The number of nitrogens with one attached hydrogen (secondary N) is 1. The lowest BCUT2D eigenvalue weighted by Gasteiger charge is -2.11. The summed E-state index contributed by atoms with van der Waals surface area (Å²) in [5.74, 6) is -1.27. The van der Waals surface area contributed by atoms with Crippen molar-refractivity contribution in [2.75, 3.05) is 6.54 Å². The van der Waals surface area contributed by atoms with Crippen LogP contribution in [-0.2, 0) is 17.3 Å². The second kappa shape index (κ2) is 10.2. The maximum Gasteiger partial charge on any atom is 0.201 e. The van der Waals surface area contributed by atoms with Crippen molar-refractivity contribution in [3.63, 3.8) is 0 Å². The number of aryl methyl sites for hydroxylation is 1. The van der Waals surface area contributed by atoms with Crippen LogP contribution in [0, 0.1) is 5.82 Å². The van der Waals surface area contributed by atoms with Gasteiger partial charge in [-0.3, -0.25) is 9.78 Å². The Morgan fingerprint density at radius 2 is 1.82 bits per heavy atom. The van der Waals surface area contributed by atoms with Crippen LogP contribution in [0.5, 0.6) is 0 Å². The van der Waals surface area contributed by atoms with Gasteiger partial charge in [-0.2, -0.15) is 0 Å². The van der Waals surface area contributed by atoms with Crippen molar-refractivity contribution in [1.29, 1.82) is 0 Å². The molecule has 1 heterocycles. The van der Waals surface area contributed by atoms with Gasteiger partial charge in [0.05, 0.1) is 33.5 Å². The van der Waals surface area contributed by atoms with Gasteiger partial charge >= 0.3 is 0 Å². The fraction of sp³-hybridized carbons (Fsp3) is 0.125. The van der Waals surface area contributed by atoms with E-state index in [1.165, 1.54) is 12.1 Å². The van der Waals surface area contributed by atoms with Gasteiger partial charge in [0.1, 0.15) is 5.82 Å². The van der Waals surface area contributed by atoms with Crippen LogP contribution in [0.3, 0.4) is 0 Å². The fourth-order valence-corrected chi connectivity index (χ4v) is 4.06. The second-order valence-electron chi connectivity index (χ2n) is 7.32. The van der Waals surface area contributed by atoms with Crippen LogP contribution in [0.1, 0.15) is 27.9 Å². The average molecular weight is 484 g/mol. The molecule has 4 aromatic rings. The molecule has 168 valence electrons. The van der Waals surface area contributed by atoms with E-state index in [9.17, 15) is 13.2 Å². The molecule has 0 aliphatic rings. The molecule has 3 aromatic carbocycles. The van der Waals surface area contributed by atoms with Crippen LogP contribution < -0.4 is 4.72 Å². The highest BCUT2D eigenvalue weighted by Gasteiger charge is 2.21. The lowest BCUT2D eigenvalue weighted by atomic mass is 9.98. The normalized spacial score (nSPS) is 11.2. The zero-order chi connectivity index (χ0) is 23.4. The number of hydrogen-bond acceptors (Lipinski definition) is 5. The number of ketones is 1. The summed E-state index contributed by atoms with van der Waals surface area (Å²) in [6, 6.07) is 17.3. The first-order chi connectivity index (χ1) is 15.9. The van der Waals surface area contributed by atoms with Crippen molar-refractivity contribution < 1.29 is 17.6 Å². The molecule has 0 unspecified atom stereocenters. The molecule has 0 bridgehead atoms. The van der Waals surface area contributed by atoms with Gasteiger partial charge < -0.3 is 0 Å². The first-order valence-corrected chi connectivity index (χ1v) is 11.7. The van der Waals surface area contributed by atoms with Crippen molar-refractivity contribution in [2.45, 2.75) is 12.8 Å². The maximum absolute atomic E-state index is 15.2. The third-order valence-electron chi connectivity index (χ3n) is 5.14. The molecule has 0 atom stereocenters. The predicted octanol–water partition coefficient (Wildman–Crippen LogP) is 4.37. The average Bonchev–Trinajstić information content (AvgIpc) is 2.82. The number of benzene rings is 3. The van der Waals surface area contributed by atoms with Crippen molar-refractivity contribution in [2.24, 2.45) is 0 Å². The van der Waals surface area contributed by atoms with Gasteiger partial charge in [-0.15, -0.1) is 0 Å². The van der Waals surface area contributed by atoms with Crippen LogP contribution in [0.25, 0.3) is 22.3 Å². The lowest BCUT2D eigenvalue weighted by molar-refractivity contribution is 0.103. The summed E-state index contributed by atoms with van der Waals surface area (Å²) in [6.45, 7) is 0.178. The van der Waals surface area contributed by atoms with Gasteiger partial charge in [-0.25, -0.2) is 22.5 Å². The molecule has 9 heteroatoms. The minimum Gasteiger partial charge on any atom is -0.288 e. The van der Waals surface area contributed by atoms with E-state index in [1.54, 1.807) is 24.4 Å². The Morgan fingerprint density at radius 1 is 1.03 bits per heavy atom. The molecule has 0 amide bonds. The Bertz CT molecular complexity index is 1400. The fourth-order valence-electron chi connectivity index (χ4n) is 3.49. The van der Waals surface area contributed by atoms with Gasteiger partial charge in [-0.05, 0) is 42.7 Å². The SMILES string of the molecule is O=C(c1ccc2ncc(-c3ccccc3)nc2c1)c1c(Cl)ccc(CCCN[SH](=O)=O)c1F. The number of hydrogen-bond donors (Lipinski definition) is 2. The van der Waals surface area contributed by atoms with Crippen molar-refractivity contribution in [1.82, 2.24) is 14.7 Å². The van der Waals surface area contributed by atoms with Crippen LogP contribution in [0.2, 0.25) is 5.02 Å². The quantitative estimate of drug-likeness (QED) is 0.221. The summed E-state index contributed by atoms with van der Waals surface area (Å²) >= 11 is 6.19. The van der Waals surface area contributed by atoms with Gasteiger partial charge in [-0.1, -0.05) is 48.0 Å². The second-order valence-corrected chi connectivity index (χ2v) is 8.56. The summed E-state index contributed by atoms with van der Waals surface area (Å²) in [5.41, 5.74) is 2.98. The van der Waals surface area contributed by atoms with E-state index in [4.69, 9.17) is 11.6 Å². The number of fused-ring (bicyclic) bond motifs is 1. The van der Waals surface area contributed by atoms with E-state index in [0.29, 0.717) is 23.1 Å². The van der Waals surface area contributed by atoms with Gasteiger partial charge in [0, 0.05) is 17.7 Å². The van der Waals surface area contributed by atoms with Crippen molar-refractivity contribution >= 4 is 39.3 Å². The monoisotopic (exact) mass is 483 g/mol. The summed E-state index contributed by atoms with van der Waals surface area (Å²) < 4.78 is 38.6. The maximum atomic E-state index is 15.2. The van der Waals surface area contributed by atoms with E-state index in [-0.39, 0.29) is 34.7 Å². The molecule has 0 fully saturated rings. The number of carbonyl (C=O) groups is 1. The van der Waals surface area contributed by atoms with Crippen molar-refractivity contribution in [3.8, 4) is 11.3 Å². The highest BCUT2D eigenvalue weighted by molar-refractivity contribution is 7.70. The molecule has 0 radical (unpaired) electrons. The molecular weight excluding hydrogens is 465 g/mol. The number of carbonyl (C=O) groups excluding carboxylic acids is 1. The van der Waals surface area contributed by atoms with Crippen LogP contribution in [-0.4, -0.2) is 30.7 Å². The molecule has 6 nitrogen and oxygen atoms in total. The largest absolute Gasteiger partial charge is 0.288 e. The third kappa shape index (κ3) is 5.24. The van der Waals surface area contributed by atoms with Gasteiger partial charge in [0.15, 0.2) is 5.78 Å². The van der Waals surface area contributed by atoms with E-state index in [0.717, 1.165) is 5.56 Å². The first kappa shape index (κ1) is 23.0. The van der Waals surface area contributed by atoms with Crippen LogP contribution in [0.15, 0.2) is 66.9 Å². The zero-order valence-corrected chi connectivity index (χ0v) is 18.9.